The van der Waals surface area contributed by atoms with E-state index in [0.717, 1.165) is 22.4 Å². The summed E-state index contributed by atoms with van der Waals surface area (Å²) in [7, 11) is 1.36. The van der Waals surface area contributed by atoms with Crippen LogP contribution in [0.25, 0.3) is 0 Å². The van der Waals surface area contributed by atoms with Crippen LogP contribution in [0.15, 0.2) is 66.2 Å². The first-order valence-corrected chi connectivity index (χ1v) is 8.57. The van der Waals surface area contributed by atoms with Crippen LogP contribution in [0.4, 0.5) is 5.69 Å². The number of nitro benzene ring substituents is 1. The molecule has 0 aliphatic rings. The zero-order valence-corrected chi connectivity index (χ0v) is 15.3. The molecule has 6 nitrogen and oxygen atoms in total. The number of aliphatic imine (C=N–C) groups is 1. The van der Waals surface area contributed by atoms with Crippen molar-refractivity contribution in [1.82, 2.24) is 0 Å². The van der Waals surface area contributed by atoms with Crippen molar-refractivity contribution >= 4 is 17.4 Å². The maximum atomic E-state index is 11.6. The summed E-state index contributed by atoms with van der Waals surface area (Å²) in [5, 5.41) is 10.8. The average Bonchev–Trinajstić information content (AvgIpc) is 2.69. The van der Waals surface area contributed by atoms with Crippen molar-refractivity contribution in [3.05, 3.63) is 88.0 Å². The van der Waals surface area contributed by atoms with Crippen molar-refractivity contribution < 1.29 is 14.5 Å². The molecule has 0 radical (unpaired) electrons. The third kappa shape index (κ3) is 5.88. The van der Waals surface area contributed by atoms with Gasteiger partial charge in [-0.1, -0.05) is 42.5 Å². The molecule has 6 heteroatoms. The van der Waals surface area contributed by atoms with Crippen molar-refractivity contribution in [2.24, 2.45) is 4.99 Å². The van der Waals surface area contributed by atoms with E-state index >= 15 is 0 Å². The van der Waals surface area contributed by atoms with Gasteiger partial charge in [0.15, 0.2) is 0 Å². The van der Waals surface area contributed by atoms with Gasteiger partial charge in [-0.05, 0) is 23.1 Å². The number of nitrogens with zero attached hydrogens (tertiary/aromatic N) is 2. The molecule has 0 saturated carbocycles. The Morgan fingerprint density at radius 1 is 1.19 bits per heavy atom. The Morgan fingerprint density at radius 2 is 1.89 bits per heavy atom. The quantitative estimate of drug-likeness (QED) is 0.218. The normalized spacial score (nSPS) is 11.1. The number of carbonyl (C=O) groups excluding carboxylic acids is 1. The fourth-order valence-electron chi connectivity index (χ4n) is 2.67. The Labute approximate surface area is 158 Å². The Morgan fingerprint density at radius 3 is 2.52 bits per heavy atom. The van der Waals surface area contributed by atoms with Crippen molar-refractivity contribution in [3.63, 3.8) is 0 Å². The summed E-state index contributed by atoms with van der Waals surface area (Å²) >= 11 is 0. The Balaban J connectivity index is 2.28. The summed E-state index contributed by atoms with van der Waals surface area (Å²) in [4.78, 5) is 26.6. The van der Waals surface area contributed by atoms with E-state index in [1.54, 1.807) is 12.1 Å². The van der Waals surface area contributed by atoms with Gasteiger partial charge < -0.3 is 4.74 Å². The van der Waals surface area contributed by atoms with Gasteiger partial charge in [0, 0.05) is 24.3 Å². The molecule has 27 heavy (non-hydrogen) atoms. The molecule has 0 aromatic heterocycles. The number of ether oxygens (including phenoxy) is 1. The SMILES string of the molecule is C=CCc1ccccc1/C(CCC(=O)OC)=N/Cc1ccc([N+](=O)[O-])cc1. The number of esters is 1. The number of carbonyl (C=O) groups is 1. The van der Waals surface area contributed by atoms with E-state index in [1.807, 2.05) is 30.3 Å². The lowest BCUT2D eigenvalue weighted by Gasteiger charge is -2.11. The minimum atomic E-state index is -0.430. The van der Waals surface area contributed by atoms with Crippen LogP contribution in [0.2, 0.25) is 0 Å². The van der Waals surface area contributed by atoms with E-state index < -0.39 is 4.92 Å². The summed E-state index contributed by atoms with van der Waals surface area (Å²) in [5.41, 5.74) is 3.77. The lowest BCUT2D eigenvalue weighted by atomic mass is 9.97. The molecule has 0 unspecified atom stereocenters. The van der Waals surface area contributed by atoms with Gasteiger partial charge in [-0.2, -0.15) is 0 Å². The first-order chi connectivity index (χ1) is 13.0. The molecular weight excluding hydrogens is 344 g/mol. The minimum absolute atomic E-state index is 0.0463. The summed E-state index contributed by atoms with van der Waals surface area (Å²) in [6.45, 7) is 4.16. The lowest BCUT2D eigenvalue weighted by Crippen LogP contribution is -2.10. The first-order valence-electron chi connectivity index (χ1n) is 8.57. The van der Waals surface area contributed by atoms with Crippen LogP contribution in [-0.2, 0) is 22.5 Å². The predicted octanol–water partition coefficient (Wildman–Crippen LogP) is 4.27. The first kappa shape index (κ1) is 20.0. The maximum Gasteiger partial charge on any atom is 0.305 e. The molecule has 2 aromatic carbocycles. The van der Waals surface area contributed by atoms with E-state index in [9.17, 15) is 14.9 Å². The minimum Gasteiger partial charge on any atom is -0.469 e. The molecule has 2 rings (SSSR count). The molecule has 0 spiro atoms. The van der Waals surface area contributed by atoms with Crippen LogP contribution in [-0.4, -0.2) is 23.7 Å². The zero-order chi connectivity index (χ0) is 19.6. The van der Waals surface area contributed by atoms with Crippen LogP contribution in [0.5, 0.6) is 0 Å². The van der Waals surface area contributed by atoms with Crippen LogP contribution < -0.4 is 0 Å². The van der Waals surface area contributed by atoms with Crippen LogP contribution in [0.3, 0.4) is 0 Å². The Hall–Kier alpha value is -3.28. The van der Waals surface area contributed by atoms with Gasteiger partial charge in [0.1, 0.15) is 0 Å². The number of allylic oxidation sites excluding steroid dienone is 1. The van der Waals surface area contributed by atoms with Crippen LogP contribution >= 0.6 is 0 Å². The number of non-ortho nitro benzene ring substituents is 1. The Bertz CT molecular complexity index is 842. The summed E-state index contributed by atoms with van der Waals surface area (Å²) in [5.74, 6) is -0.292. The third-order valence-electron chi connectivity index (χ3n) is 4.09. The molecule has 2 aromatic rings. The van der Waals surface area contributed by atoms with E-state index in [0.29, 0.717) is 19.4 Å². The highest BCUT2D eigenvalue weighted by molar-refractivity contribution is 6.03. The molecule has 0 aliphatic carbocycles. The van der Waals surface area contributed by atoms with E-state index in [2.05, 4.69) is 6.58 Å². The van der Waals surface area contributed by atoms with Gasteiger partial charge in [-0.15, -0.1) is 6.58 Å². The number of rotatable bonds is 9. The number of methoxy groups -OCH3 is 1. The molecule has 0 fully saturated rings. The molecule has 0 bridgehead atoms. The summed E-state index contributed by atoms with van der Waals surface area (Å²) in [6, 6.07) is 14.2. The number of hydrogen-bond donors (Lipinski definition) is 0. The van der Waals surface area contributed by atoms with Gasteiger partial charge in [-0.25, -0.2) is 0 Å². The number of nitro groups is 1. The van der Waals surface area contributed by atoms with Crippen molar-refractivity contribution in [2.75, 3.05) is 7.11 Å². The number of benzene rings is 2. The zero-order valence-electron chi connectivity index (χ0n) is 15.3. The second kappa shape index (κ2) is 10.0. The molecule has 0 N–H and O–H groups in total. The van der Waals surface area contributed by atoms with Gasteiger partial charge in [0.25, 0.3) is 5.69 Å². The number of hydrogen-bond acceptors (Lipinski definition) is 5. The van der Waals surface area contributed by atoms with Crippen LogP contribution in [0.1, 0.15) is 29.5 Å². The van der Waals surface area contributed by atoms with Crippen molar-refractivity contribution in [3.8, 4) is 0 Å². The second-order valence-corrected chi connectivity index (χ2v) is 5.91. The van der Waals surface area contributed by atoms with Gasteiger partial charge in [0.2, 0.25) is 0 Å². The summed E-state index contributed by atoms with van der Waals surface area (Å²) < 4.78 is 4.74. The van der Waals surface area contributed by atoms with Gasteiger partial charge >= 0.3 is 5.97 Å². The molecule has 0 atom stereocenters. The molecule has 0 heterocycles. The van der Waals surface area contributed by atoms with Gasteiger partial charge in [-0.3, -0.25) is 19.9 Å². The molecule has 0 amide bonds. The highest BCUT2D eigenvalue weighted by Crippen LogP contribution is 2.17. The summed E-state index contributed by atoms with van der Waals surface area (Å²) in [6.07, 6.45) is 3.21. The fourth-order valence-corrected chi connectivity index (χ4v) is 2.67. The largest absolute Gasteiger partial charge is 0.469 e. The molecule has 0 saturated heterocycles. The van der Waals surface area contributed by atoms with Crippen molar-refractivity contribution in [1.29, 1.82) is 0 Å². The highest BCUT2D eigenvalue weighted by atomic mass is 16.6. The third-order valence-corrected chi connectivity index (χ3v) is 4.09. The predicted molar refractivity (Wildman–Crippen MR) is 105 cm³/mol. The monoisotopic (exact) mass is 366 g/mol. The Kier molecular flexibility index (Phi) is 7.43. The van der Waals surface area contributed by atoms with Gasteiger partial charge in [0.05, 0.1) is 25.0 Å². The van der Waals surface area contributed by atoms with Crippen molar-refractivity contribution in [2.45, 2.75) is 25.8 Å². The molecular formula is C21H22N2O4. The van der Waals surface area contributed by atoms with Crippen LogP contribution in [0, 0.1) is 10.1 Å². The topological polar surface area (TPSA) is 81.8 Å². The molecule has 140 valence electrons. The fraction of sp³-hybridized carbons (Fsp3) is 0.238. The lowest BCUT2D eigenvalue weighted by molar-refractivity contribution is -0.384. The standard InChI is InChI=1S/C21H22N2O4/c1-3-6-17-7-4-5-8-19(17)20(13-14-21(24)27-2)22-15-16-9-11-18(12-10-16)23(25)26/h3-5,7-12H,1,6,13-15H2,2H3/b22-20+. The van der Waals surface area contributed by atoms with E-state index in [1.165, 1.54) is 19.2 Å². The molecule has 0 aliphatic heterocycles. The van der Waals surface area contributed by atoms with E-state index in [4.69, 9.17) is 9.73 Å². The highest BCUT2D eigenvalue weighted by Gasteiger charge is 2.11. The average molecular weight is 366 g/mol. The second-order valence-electron chi connectivity index (χ2n) is 5.91. The maximum absolute atomic E-state index is 11.6. The smallest absolute Gasteiger partial charge is 0.305 e. The van der Waals surface area contributed by atoms with E-state index in [-0.39, 0.29) is 18.1 Å².